The lowest BCUT2D eigenvalue weighted by molar-refractivity contribution is 0.0994. The van der Waals surface area contributed by atoms with Crippen LogP contribution in [0.3, 0.4) is 0 Å². The summed E-state index contributed by atoms with van der Waals surface area (Å²) in [5.74, 6) is 0.177. The van der Waals surface area contributed by atoms with E-state index in [1.165, 1.54) is 17.3 Å². The largest absolute Gasteiger partial charge is 0.379 e. The lowest BCUT2D eigenvalue weighted by atomic mass is 10.1. The molecule has 4 aromatic heterocycles. The number of nitrogens with two attached hydrogens (primary N) is 1. The fraction of sp³-hybridized carbons (Fsp3) is 0.154. The van der Waals surface area contributed by atoms with Crippen LogP contribution in [0.1, 0.15) is 33.0 Å². The van der Waals surface area contributed by atoms with Crippen LogP contribution in [0.2, 0.25) is 0 Å². The maximum atomic E-state index is 11.9. The first-order valence-electron chi connectivity index (χ1n) is 11.0. The lowest BCUT2D eigenvalue weighted by Gasteiger charge is -2.11. The summed E-state index contributed by atoms with van der Waals surface area (Å²) in [5.41, 5.74) is 13.3. The number of nitrogens with zero attached hydrogens (tertiary/aromatic N) is 5. The van der Waals surface area contributed by atoms with Gasteiger partial charge in [-0.2, -0.15) is 0 Å². The van der Waals surface area contributed by atoms with E-state index in [-0.39, 0.29) is 0 Å². The first kappa shape index (κ1) is 21.4. The standard InChI is InChI=1S/C26H25N7O/c1-16-6-4-7-17(2)24(16)29-12-19-14-32(26(31-19)21-9-5-8-18(3)30-21)20-10-11-23-28-13-22(25(27)34)33(23)15-20/h4-11,13-15,29H,12H2,1-3H3,(H2,27,34). The highest BCUT2D eigenvalue weighted by Crippen LogP contribution is 2.25. The highest BCUT2D eigenvalue weighted by atomic mass is 16.1. The first-order chi connectivity index (χ1) is 16.4. The molecule has 1 amide bonds. The summed E-state index contributed by atoms with van der Waals surface area (Å²) in [7, 11) is 0. The molecule has 0 bridgehead atoms. The van der Waals surface area contributed by atoms with Crippen LogP contribution in [-0.4, -0.2) is 29.8 Å². The molecule has 0 saturated carbocycles. The molecule has 3 N–H and O–H groups in total. The summed E-state index contributed by atoms with van der Waals surface area (Å²) in [6.07, 6.45) is 5.31. The average molecular weight is 452 g/mol. The van der Waals surface area contributed by atoms with Crippen molar-refractivity contribution in [3.63, 3.8) is 0 Å². The highest BCUT2D eigenvalue weighted by Gasteiger charge is 2.16. The van der Waals surface area contributed by atoms with Gasteiger partial charge in [0, 0.05) is 23.8 Å². The molecule has 8 nitrogen and oxygen atoms in total. The Labute approximate surface area is 197 Å². The summed E-state index contributed by atoms with van der Waals surface area (Å²) in [4.78, 5) is 25.7. The molecule has 5 rings (SSSR count). The molecule has 0 unspecified atom stereocenters. The van der Waals surface area contributed by atoms with E-state index in [2.05, 4.69) is 42.3 Å². The van der Waals surface area contributed by atoms with Crippen molar-refractivity contribution in [1.82, 2.24) is 23.9 Å². The number of amides is 1. The van der Waals surface area contributed by atoms with Crippen molar-refractivity contribution in [1.29, 1.82) is 0 Å². The number of carbonyl (C=O) groups excluding carboxylic acids is 1. The van der Waals surface area contributed by atoms with Gasteiger partial charge in [0.2, 0.25) is 0 Å². The van der Waals surface area contributed by atoms with E-state index in [4.69, 9.17) is 15.7 Å². The van der Waals surface area contributed by atoms with E-state index in [0.717, 1.165) is 28.5 Å². The number of aryl methyl sites for hydroxylation is 3. The second-order valence-electron chi connectivity index (χ2n) is 8.33. The smallest absolute Gasteiger partial charge is 0.267 e. The van der Waals surface area contributed by atoms with E-state index in [1.54, 1.807) is 4.40 Å². The Morgan fingerprint density at radius 1 is 0.971 bits per heavy atom. The minimum Gasteiger partial charge on any atom is -0.379 e. The number of anilines is 1. The van der Waals surface area contributed by atoms with Crippen LogP contribution in [-0.2, 0) is 6.54 Å². The summed E-state index contributed by atoms with van der Waals surface area (Å²) in [6.45, 7) is 6.69. The SMILES string of the molecule is Cc1cccc(-c2nc(CNc3c(C)cccc3C)cn2-c2ccc3ncc(C(N)=O)n3c2)n1. The Bertz CT molecular complexity index is 1510. The number of imidazole rings is 2. The van der Waals surface area contributed by atoms with E-state index < -0.39 is 5.91 Å². The Kier molecular flexibility index (Phi) is 5.33. The van der Waals surface area contributed by atoms with Gasteiger partial charge in [0.25, 0.3) is 5.91 Å². The molecule has 0 aliphatic rings. The van der Waals surface area contributed by atoms with E-state index >= 15 is 0 Å². The number of hydrogen-bond acceptors (Lipinski definition) is 5. The van der Waals surface area contributed by atoms with Gasteiger partial charge in [-0.25, -0.2) is 15.0 Å². The van der Waals surface area contributed by atoms with Gasteiger partial charge in [0.15, 0.2) is 5.82 Å². The number of fused-ring (bicyclic) bond motifs is 1. The number of primary amides is 1. The number of carbonyl (C=O) groups is 1. The molecular weight excluding hydrogens is 426 g/mol. The number of aromatic nitrogens is 5. The van der Waals surface area contributed by atoms with Gasteiger partial charge in [0.1, 0.15) is 17.0 Å². The van der Waals surface area contributed by atoms with Crippen molar-refractivity contribution in [3.8, 4) is 17.2 Å². The Morgan fingerprint density at radius 2 is 1.74 bits per heavy atom. The molecular formula is C26H25N7O. The summed E-state index contributed by atoms with van der Waals surface area (Å²) < 4.78 is 3.67. The third kappa shape index (κ3) is 3.90. The summed E-state index contributed by atoms with van der Waals surface area (Å²) in [6, 6.07) is 15.9. The molecule has 170 valence electrons. The van der Waals surface area contributed by atoms with Gasteiger partial charge in [-0.1, -0.05) is 24.3 Å². The first-order valence-corrected chi connectivity index (χ1v) is 11.0. The number of rotatable bonds is 6. The molecule has 34 heavy (non-hydrogen) atoms. The van der Waals surface area contributed by atoms with Crippen LogP contribution >= 0.6 is 0 Å². The molecule has 0 spiro atoms. The van der Waals surface area contributed by atoms with Crippen molar-refractivity contribution in [2.24, 2.45) is 5.73 Å². The highest BCUT2D eigenvalue weighted by molar-refractivity contribution is 5.91. The zero-order chi connectivity index (χ0) is 23.8. The fourth-order valence-corrected chi connectivity index (χ4v) is 4.13. The molecule has 5 aromatic rings. The Balaban J connectivity index is 1.59. The average Bonchev–Trinajstić information content (AvgIpc) is 3.43. The van der Waals surface area contributed by atoms with E-state index in [0.29, 0.717) is 23.7 Å². The van der Waals surface area contributed by atoms with Gasteiger partial charge in [0.05, 0.1) is 24.1 Å². The third-order valence-electron chi connectivity index (χ3n) is 5.82. The van der Waals surface area contributed by atoms with Gasteiger partial charge < -0.3 is 11.1 Å². The number of hydrogen-bond donors (Lipinski definition) is 2. The number of benzene rings is 1. The van der Waals surface area contributed by atoms with Crippen molar-refractivity contribution in [2.75, 3.05) is 5.32 Å². The predicted octanol–water partition coefficient (Wildman–Crippen LogP) is 4.22. The van der Waals surface area contributed by atoms with E-state index in [1.807, 2.05) is 54.2 Å². The molecule has 0 aliphatic carbocycles. The summed E-state index contributed by atoms with van der Waals surface area (Å²) >= 11 is 0. The van der Waals surface area contributed by atoms with Crippen LogP contribution in [0.4, 0.5) is 5.69 Å². The molecule has 0 saturated heterocycles. The van der Waals surface area contributed by atoms with Crippen LogP contribution in [0, 0.1) is 20.8 Å². The lowest BCUT2D eigenvalue weighted by Crippen LogP contribution is -2.13. The zero-order valence-corrected chi connectivity index (χ0v) is 19.3. The zero-order valence-electron chi connectivity index (χ0n) is 19.3. The number of para-hydroxylation sites is 1. The molecule has 0 atom stereocenters. The second-order valence-corrected chi connectivity index (χ2v) is 8.33. The van der Waals surface area contributed by atoms with Crippen LogP contribution in [0.15, 0.2) is 67.1 Å². The fourth-order valence-electron chi connectivity index (χ4n) is 4.13. The van der Waals surface area contributed by atoms with Crippen molar-refractivity contribution >= 4 is 17.2 Å². The van der Waals surface area contributed by atoms with Crippen molar-refractivity contribution in [3.05, 3.63) is 95.3 Å². The topological polar surface area (TPSA) is 103 Å². The van der Waals surface area contributed by atoms with Crippen molar-refractivity contribution < 1.29 is 4.79 Å². The predicted molar refractivity (Wildman–Crippen MR) is 132 cm³/mol. The minimum absolute atomic E-state index is 0.323. The van der Waals surface area contributed by atoms with Gasteiger partial charge in [-0.15, -0.1) is 0 Å². The van der Waals surface area contributed by atoms with Crippen molar-refractivity contribution in [2.45, 2.75) is 27.3 Å². The monoisotopic (exact) mass is 451 g/mol. The Morgan fingerprint density at radius 3 is 2.47 bits per heavy atom. The third-order valence-corrected chi connectivity index (χ3v) is 5.82. The Hall–Kier alpha value is -4.46. The van der Waals surface area contributed by atoms with Gasteiger partial charge in [-0.3, -0.25) is 13.8 Å². The molecule has 0 fully saturated rings. The minimum atomic E-state index is -0.533. The quantitative estimate of drug-likeness (QED) is 0.402. The molecule has 0 aliphatic heterocycles. The molecule has 0 radical (unpaired) electrons. The number of nitrogens with one attached hydrogen (secondary N) is 1. The summed E-state index contributed by atoms with van der Waals surface area (Å²) in [5, 5.41) is 3.53. The van der Waals surface area contributed by atoms with E-state index in [9.17, 15) is 4.79 Å². The van der Waals surface area contributed by atoms with Gasteiger partial charge >= 0.3 is 0 Å². The second kappa shape index (κ2) is 8.47. The maximum Gasteiger partial charge on any atom is 0.267 e. The van der Waals surface area contributed by atoms with Crippen LogP contribution in [0.5, 0.6) is 0 Å². The normalized spacial score (nSPS) is 11.1. The van der Waals surface area contributed by atoms with Crippen LogP contribution in [0.25, 0.3) is 22.9 Å². The van der Waals surface area contributed by atoms with Gasteiger partial charge in [-0.05, 0) is 56.2 Å². The molecule has 1 aromatic carbocycles. The maximum absolute atomic E-state index is 11.9. The molecule has 8 heteroatoms. The van der Waals surface area contributed by atoms with Crippen LogP contribution < -0.4 is 11.1 Å². The molecule has 4 heterocycles. The number of pyridine rings is 2.